The summed E-state index contributed by atoms with van der Waals surface area (Å²) < 4.78 is 40.8. The van der Waals surface area contributed by atoms with Crippen LogP contribution in [0.5, 0.6) is 0 Å². The van der Waals surface area contributed by atoms with E-state index in [4.69, 9.17) is 0 Å². The number of unbranched alkanes of at least 4 members (excludes halogenated alkanes) is 1. The normalized spacial score (nSPS) is 21.6. The molecule has 0 saturated carbocycles. The van der Waals surface area contributed by atoms with E-state index < -0.39 is 29.4 Å². The molecule has 0 spiro atoms. The second-order valence-corrected chi connectivity index (χ2v) is 8.11. The van der Waals surface area contributed by atoms with Crippen molar-refractivity contribution in [3.63, 3.8) is 0 Å². The molecule has 2 atom stereocenters. The summed E-state index contributed by atoms with van der Waals surface area (Å²) in [4.78, 5) is 14.7. The molecule has 1 N–H and O–H groups in total. The summed E-state index contributed by atoms with van der Waals surface area (Å²) in [5.41, 5.74) is -1.39. The van der Waals surface area contributed by atoms with Crippen LogP contribution >= 0.6 is 0 Å². The molecule has 154 valence electrons. The number of hydrogen-bond acceptors (Lipinski definition) is 3. The Morgan fingerprint density at radius 1 is 1.26 bits per heavy atom. The quantitative estimate of drug-likeness (QED) is 0.719. The molecule has 2 rings (SSSR count). The zero-order valence-electron chi connectivity index (χ0n) is 16.6. The van der Waals surface area contributed by atoms with Crippen molar-refractivity contribution in [2.45, 2.75) is 59.2 Å². The van der Waals surface area contributed by atoms with Gasteiger partial charge in [-0.1, -0.05) is 13.8 Å². The molecule has 0 bridgehead atoms. The minimum Gasteiger partial charge on any atom is -0.352 e. The molecule has 8 heteroatoms. The second kappa shape index (κ2) is 9.08. The van der Waals surface area contributed by atoms with E-state index in [1.807, 2.05) is 0 Å². The lowest BCUT2D eigenvalue weighted by Gasteiger charge is -2.34. The molecule has 2 unspecified atom stereocenters. The van der Waals surface area contributed by atoms with E-state index in [1.54, 1.807) is 13.8 Å². The summed E-state index contributed by atoms with van der Waals surface area (Å²) in [6.45, 7) is 11.3. The standard InChI is InChI=1S/C19H31F3N4O/c1-13(2)26-17(19(20,21)22)16(10-24-26)18(27)23-7-5-6-8-25-11-14(3)9-15(4)12-25/h10,13-15H,5-9,11-12H2,1-4H3,(H,23,27). The Kier molecular flexibility index (Phi) is 7.31. The molecule has 0 radical (unpaired) electrons. The van der Waals surface area contributed by atoms with E-state index in [2.05, 4.69) is 29.2 Å². The summed E-state index contributed by atoms with van der Waals surface area (Å²) in [5.74, 6) is 0.688. The topological polar surface area (TPSA) is 50.2 Å². The van der Waals surface area contributed by atoms with Crippen LogP contribution in [-0.2, 0) is 6.18 Å². The Labute approximate surface area is 159 Å². The number of rotatable bonds is 7. The molecule has 1 saturated heterocycles. The molecule has 1 amide bonds. The Morgan fingerprint density at radius 2 is 1.89 bits per heavy atom. The third-order valence-corrected chi connectivity index (χ3v) is 4.93. The highest BCUT2D eigenvalue weighted by Crippen LogP contribution is 2.33. The van der Waals surface area contributed by atoms with E-state index in [9.17, 15) is 18.0 Å². The summed E-state index contributed by atoms with van der Waals surface area (Å²) in [5, 5.41) is 6.36. The summed E-state index contributed by atoms with van der Waals surface area (Å²) in [6.07, 6.45) is -0.691. The molecule has 1 aliphatic rings. The number of alkyl halides is 3. The number of carbonyl (C=O) groups excluding carboxylic acids is 1. The number of hydrogen-bond donors (Lipinski definition) is 1. The van der Waals surface area contributed by atoms with E-state index in [-0.39, 0.29) is 0 Å². The largest absolute Gasteiger partial charge is 0.433 e. The second-order valence-electron chi connectivity index (χ2n) is 8.11. The van der Waals surface area contributed by atoms with Crippen molar-refractivity contribution in [2.24, 2.45) is 11.8 Å². The van der Waals surface area contributed by atoms with Gasteiger partial charge in [0.15, 0.2) is 5.69 Å². The Balaban J connectivity index is 1.83. The van der Waals surface area contributed by atoms with Gasteiger partial charge in [-0.15, -0.1) is 0 Å². The zero-order valence-corrected chi connectivity index (χ0v) is 16.6. The predicted octanol–water partition coefficient (Wildman–Crippen LogP) is 3.97. The number of aromatic nitrogens is 2. The zero-order chi connectivity index (χ0) is 20.2. The fraction of sp³-hybridized carbons (Fsp3) is 0.789. The van der Waals surface area contributed by atoms with Gasteiger partial charge in [0.05, 0.1) is 11.8 Å². The maximum atomic E-state index is 13.3. The van der Waals surface area contributed by atoms with Crippen LogP contribution < -0.4 is 5.32 Å². The van der Waals surface area contributed by atoms with Gasteiger partial charge >= 0.3 is 6.18 Å². The van der Waals surface area contributed by atoms with Gasteiger partial charge in [0.1, 0.15) is 0 Å². The molecule has 27 heavy (non-hydrogen) atoms. The van der Waals surface area contributed by atoms with Crippen LogP contribution in [0.25, 0.3) is 0 Å². The third kappa shape index (κ3) is 5.96. The first-order chi connectivity index (χ1) is 12.6. The van der Waals surface area contributed by atoms with E-state index in [1.165, 1.54) is 6.42 Å². The van der Waals surface area contributed by atoms with Gasteiger partial charge in [0.25, 0.3) is 5.91 Å². The number of carbonyl (C=O) groups is 1. The van der Waals surface area contributed by atoms with Crippen molar-refractivity contribution in [1.82, 2.24) is 20.0 Å². The SMILES string of the molecule is CC1CC(C)CN(CCCCNC(=O)c2cnn(C(C)C)c2C(F)(F)F)C1. The van der Waals surface area contributed by atoms with Crippen LogP contribution in [0.3, 0.4) is 0 Å². The number of likely N-dealkylation sites (tertiary alicyclic amines) is 1. The van der Waals surface area contributed by atoms with Gasteiger partial charge in [0, 0.05) is 25.7 Å². The first-order valence-electron chi connectivity index (χ1n) is 9.74. The highest BCUT2D eigenvalue weighted by Gasteiger charge is 2.40. The average Bonchev–Trinajstić information content (AvgIpc) is 2.99. The van der Waals surface area contributed by atoms with Gasteiger partial charge in [-0.2, -0.15) is 18.3 Å². The van der Waals surface area contributed by atoms with E-state index in [0.717, 1.165) is 43.4 Å². The number of piperidine rings is 1. The Hall–Kier alpha value is -1.57. The molecule has 5 nitrogen and oxygen atoms in total. The van der Waals surface area contributed by atoms with Crippen LogP contribution in [0.15, 0.2) is 6.20 Å². The minimum atomic E-state index is -4.62. The maximum absolute atomic E-state index is 13.3. The van der Waals surface area contributed by atoms with Crippen molar-refractivity contribution < 1.29 is 18.0 Å². The van der Waals surface area contributed by atoms with E-state index in [0.29, 0.717) is 18.4 Å². The Morgan fingerprint density at radius 3 is 2.44 bits per heavy atom. The molecule has 1 aromatic rings. The lowest BCUT2D eigenvalue weighted by molar-refractivity contribution is -0.145. The van der Waals surface area contributed by atoms with Crippen LogP contribution in [0.2, 0.25) is 0 Å². The Bertz CT molecular complexity index is 617. The van der Waals surface area contributed by atoms with Crippen LogP contribution in [0, 0.1) is 11.8 Å². The smallest absolute Gasteiger partial charge is 0.352 e. The van der Waals surface area contributed by atoms with Crippen LogP contribution in [0.1, 0.15) is 69.1 Å². The molecular formula is C19H31F3N4O. The molecule has 1 aliphatic heterocycles. The predicted molar refractivity (Wildman–Crippen MR) is 98.6 cm³/mol. The maximum Gasteiger partial charge on any atom is 0.433 e. The van der Waals surface area contributed by atoms with Crippen molar-refractivity contribution in [1.29, 1.82) is 0 Å². The highest BCUT2D eigenvalue weighted by molar-refractivity contribution is 5.95. The van der Waals surface area contributed by atoms with Crippen molar-refractivity contribution in [3.05, 3.63) is 17.5 Å². The molecule has 2 heterocycles. The summed E-state index contributed by atoms with van der Waals surface area (Å²) in [7, 11) is 0. The third-order valence-electron chi connectivity index (χ3n) is 4.93. The van der Waals surface area contributed by atoms with Crippen molar-refractivity contribution in [3.8, 4) is 0 Å². The summed E-state index contributed by atoms with van der Waals surface area (Å²) >= 11 is 0. The van der Waals surface area contributed by atoms with E-state index >= 15 is 0 Å². The summed E-state index contributed by atoms with van der Waals surface area (Å²) in [6, 6.07) is -0.475. The first kappa shape index (κ1) is 21.7. The van der Waals surface area contributed by atoms with Crippen LogP contribution in [0.4, 0.5) is 13.2 Å². The minimum absolute atomic E-state index is 0.363. The molecule has 1 aromatic heterocycles. The number of nitrogens with zero attached hydrogens (tertiary/aromatic N) is 3. The van der Waals surface area contributed by atoms with Crippen molar-refractivity contribution in [2.75, 3.05) is 26.2 Å². The molecule has 0 aliphatic carbocycles. The lowest BCUT2D eigenvalue weighted by atomic mass is 9.92. The average molecular weight is 388 g/mol. The van der Waals surface area contributed by atoms with Gasteiger partial charge < -0.3 is 10.2 Å². The lowest BCUT2D eigenvalue weighted by Crippen LogP contribution is -2.39. The fourth-order valence-electron chi connectivity index (χ4n) is 3.93. The van der Waals surface area contributed by atoms with Crippen LogP contribution in [-0.4, -0.2) is 46.8 Å². The number of amides is 1. The molecular weight excluding hydrogens is 357 g/mol. The van der Waals surface area contributed by atoms with Gasteiger partial charge in [-0.3, -0.25) is 9.48 Å². The molecule has 1 fully saturated rings. The molecule has 0 aromatic carbocycles. The number of halogens is 3. The van der Waals surface area contributed by atoms with Gasteiger partial charge in [-0.25, -0.2) is 0 Å². The fourth-order valence-corrected chi connectivity index (χ4v) is 3.93. The number of nitrogens with one attached hydrogen (secondary N) is 1. The van der Waals surface area contributed by atoms with Gasteiger partial charge in [-0.05, 0) is 51.5 Å². The monoisotopic (exact) mass is 388 g/mol. The van der Waals surface area contributed by atoms with Crippen molar-refractivity contribution >= 4 is 5.91 Å². The first-order valence-corrected chi connectivity index (χ1v) is 9.74. The highest BCUT2D eigenvalue weighted by atomic mass is 19.4. The van der Waals surface area contributed by atoms with Gasteiger partial charge in [0.2, 0.25) is 0 Å².